The quantitative estimate of drug-likeness (QED) is 0.221. The van der Waals surface area contributed by atoms with E-state index in [4.69, 9.17) is 5.73 Å². The first-order valence-electron chi connectivity index (χ1n) is 14.1. The summed E-state index contributed by atoms with van der Waals surface area (Å²) in [5.41, 5.74) is 15.7. The lowest BCUT2D eigenvalue weighted by Gasteiger charge is -2.31. The largest absolute Gasteiger partial charge is 0.405 e. The van der Waals surface area contributed by atoms with Crippen LogP contribution in [0.3, 0.4) is 0 Å². The van der Waals surface area contributed by atoms with Crippen molar-refractivity contribution in [2.75, 3.05) is 11.4 Å². The van der Waals surface area contributed by atoms with Crippen molar-refractivity contribution in [2.24, 2.45) is 5.73 Å². The minimum absolute atomic E-state index is 0.174. The van der Waals surface area contributed by atoms with E-state index in [9.17, 15) is 0 Å². The third-order valence-corrected chi connectivity index (χ3v) is 8.13. The summed E-state index contributed by atoms with van der Waals surface area (Å²) in [4.78, 5) is 2.43. The molecular formula is C38H35N3. The Morgan fingerprint density at radius 3 is 2.37 bits per heavy atom. The number of anilines is 1. The van der Waals surface area contributed by atoms with Crippen molar-refractivity contribution < 1.29 is 0 Å². The molecule has 0 saturated carbocycles. The summed E-state index contributed by atoms with van der Waals surface area (Å²) >= 11 is 0. The van der Waals surface area contributed by atoms with Gasteiger partial charge in [-0.15, -0.1) is 0 Å². The number of hydrogen-bond donors (Lipinski definition) is 1. The first-order valence-corrected chi connectivity index (χ1v) is 14.1. The zero-order valence-electron chi connectivity index (χ0n) is 23.7. The monoisotopic (exact) mass is 533 g/mol. The van der Waals surface area contributed by atoms with Crippen LogP contribution in [0.5, 0.6) is 0 Å². The standard InChI is InChI=1S/C38H35N3/c1-5-7-9-15-29(22-23-39)40-25-28(14-8-6-2)26(3)20-21-27(4)32-24-33-30-16-10-12-18-34(30)41-35-19-13-11-17-31(35)36(37(32)40)38(33)41/h5-24,27H,1-2,25,39H2,3-4H3/b9-7+,14-8-,21-20-,23-22-,28-26-,29-15+. The molecule has 202 valence electrons. The topological polar surface area (TPSA) is 33.7 Å². The molecule has 3 heterocycles. The second-order valence-electron chi connectivity index (χ2n) is 10.6. The van der Waals surface area contributed by atoms with Gasteiger partial charge in [-0.25, -0.2) is 0 Å². The molecule has 0 amide bonds. The van der Waals surface area contributed by atoms with Gasteiger partial charge in [-0.05, 0) is 60.2 Å². The van der Waals surface area contributed by atoms with Crippen LogP contribution in [0.1, 0.15) is 25.3 Å². The third kappa shape index (κ3) is 4.31. The van der Waals surface area contributed by atoms with Gasteiger partial charge in [-0.2, -0.15) is 0 Å². The molecule has 6 rings (SSSR count). The molecule has 2 aromatic heterocycles. The number of hydrogen-bond acceptors (Lipinski definition) is 2. The van der Waals surface area contributed by atoms with E-state index in [2.05, 4.69) is 115 Å². The van der Waals surface area contributed by atoms with Gasteiger partial charge in [0.2, 0.25) is 0 Å². The molecule has 41 heavy (non-hydrogen) atoms. The van der Waals surface area contributed by atoms with Crippen molar-refractivity contribution in [1.82, 2.24) is 4.40 Å². The first-order chi connectivity index (χ1) is 20.1. The van der Waals surface area contributed by atoms with Crippen molar-refractivity contribution in [3.05, 3.63) is 157 Å². The molecule has 5 aromatic rings. The van der Waals surface area contributed by atoms with Crippen LogP contribution in [0, 0.1) is 0 Å². The molecule has 3 nitrogen and oxygen atoms in total. The third-order valence-electron chi connectivity index (χ3n) is 8.13. The smallest absolute Gasteiger partial charge is 0.0641 e. The van der Waals surface area contributed by atoms with Gasteiger partial charge in [-0.3, -0.25) is 0 Å². The van der Waals surface area contributed by atoms with Gasteiger partial charge in [0.1, 0.15) is 0 Å². The van der Waals surface area contributed by atoms with Crippen LogP contribution < -0.4 is 10.6 Å². The van der Waals surface area contributed by atoms with E-state index in [0.717, 1.165) is 5.70 Å². The van der Waals surface area contributed by atoms with E-state index in [1.807, 2.05) is 30.4 Å². The molecule has 1 atom stereocenters. The Hall–Kier alpha value is -5.02. The van der Waals surface area contributed by atoms with Gasteiger partial charge < -0.3 is 15.0 Å². The molecule has 1 aliphatic heterocycles. The molecule has 2 N–H and O–H groups in total. The summed E-state index contributed by atoms with van der Waals surface area (Å²) in [6.07, 6.45) is 22.1. The number of nitrogens with zero attached hydrogens (tertiary/aromatic N) is 2. The minimum Gasteiger partial charge on any atom is -0.405 e. The fourth-order valence-electron chi connectivity index (χ4n) is 6.19. The van der Waals surface area contributed by atoms with Gasteiger partial charge in [0.25, 0.3) is 0 Å². The molecule has 3 aromatic carbocycles. The summed E-state index contributed by atoms with van der Waals surface area (Å²) < 4.78 is 2.44. The average molecular weight is 534 g/mol. The summed E-state index contributed by atoms with van der Waals surface area (Å²) in [5, 5.41) is 5.07. The average Bonchev–Trinajstić information content (AvgIpc) is 3.52. The fraction of sp³-hybridized carbons (Fsp3) is 0.105. The Labute approximate surface area is 241 Å². The summed E-state index contributed by atoms with van der Waals surface area (Å²) in [6.45, 7) is 12.9. The molecular weight excluding hydrogens is 498 g/mol. The highest BCUT2D eigenvalue weighted by atomic mass is 15.1. The SMILES string of the molecule is C=C\C=C/C1=C(C)/C=C\C(C)c2cc3c4ccccc4n4c5ccccc5c(c2N(C(/C=C\N)=C/C=C/C=C)C1)c34. The summed E-state index contributed by atoms with van der Waals surface area (Å²) in [6, 6.07) is 20.0. The summed E-state index contributed by atoms with van der Waals surface area (Å²) in [5.74, 6) is 0.174. The van der Waals surface area contributed by atoms with Crippen molar-refractivity contribution in [3.8, 4) is 0 Å². The Morgan fingerprint density at radius 2 is 1.63 bits per heavy atom. The van der Waals surface area contributed by atoms with Crippen LogP contribution in [-0.4, -0.2) is 10.9 Å². The number of rotatable bonds is 6. The number of benzene rings is 3. The first kappa shape index (κ1) is 26.2. The number of aromatic nitrogens is 1. The van der Waals surface area contributed by atoms with Crippen molar-refractivity contribution >= 4 is 43.8 Å². The van der Waals surface area contributed by atoms with Crippen LogP contribution in [0.2, 0.25) is 0 Å². The van der Waals surface area contributed by atoms with Gasteiger partial charge >= 0.3 is 0 Å². The zero-order valence-corrected chi connectivity index (χ0v) is 23.7. The van der Waals surface area contributed by atoms with Crippen LogP contribution in [0.15, 0.2) is 152 Å². The lowest BCUT2D eigenvalue weighted by Crippen LogP contribution is -2.26. The Bertz CT molecular complexity index is 1990. The maximum Gasteiger partial charge on any atom is 0.0641 e. The van der Waals surface area contributed by atoms with E-state index < -0.39 is 0 Å². The molecule has 0 fully saturated rings. The molecule has 0 bridgehead atoms. The van der Waals surface area contributed by atoms with E-state index in [1.165, 1.54) is 60.5 Å². The number of fused-ring (bicyclic) bond motifs is 8. The van der Waals surface area contributed by atoms with E-state index in [-0.39, 0.29) is 5.92 Å². The van der Waals surface area contributed by atoms with Crippen molar-refractivity contribution in [2.45, 2.75) is 19.8 Å². The number of allylic oxidation sites excluding steroid dienone is 10. The highest BCUT2D eigenvalue weighted by molar-refractivity contribution is 6.27. The summed E-state index contributed by atoms with van der Waals surface area (Å²) in [7, 11) is 0. The second-order valence-corrected chi connectivity index (χ2v) is 10.6. The number of nitrogens with two attached hydrogens (primary N) is 1. The van der Waals surface area contributed by atoms with Crippen LogP contribution in [0.25, 0.3) is 38.1 Å². The van der Waals surface area contributed by atoms with Gasteiger partial charge in [0.05, 0.1) is 22.2 Å². The highest BCUT2D eigenvalue weighted by Crippen LogP contribution is 2.48. The Kier molecular flexibility index (Phi) is 6.94. The van der Waals surface area contributed by atoms with E-state index >= 15 is 0 Å². The van der Waals surface area contributed by atoms with Gasteiger partial charge in [0.15, 0.2) is 0 Å². The van der Waals surface area contributed by atoms with Crippen LogP contribution in [-0.2, 0) is 0 Å². The van der Waals surface area contributed by atoms with Crippen molar-refractivity contribution in [3.63, 3.8) is 0 Å². The molecule has 3 heteroatoms. The minimum atomic E-state index is 0.174. The molecule has 0 spiro atoms. The highest BCUT2D eigenvalue weighted by Gasteiger charge is 2.28. The molecule has 1 unspecified atom stereocenters. The van der Waals surface area contributed by atoms with Gasteiger partial charge in [0, 0.05) is 39.7 Å². The van der Waals surface area contributed by atoms with Crippen LogP contribution >= 0.6 is 0 Å². The molecule has 0 radical (unpaired) electrons. The normalized spacial score (nSPS) is 19.6. The Balaban J connectivity index is 1.82. The molecule has 1 aliphatic rings. The molecule has 0 saturated heterocycles. The van der Waals surface area contributed by atoms with Gasteiger partial charge in [-0.1, -0.05) is 105 Å². The predicted octanol–water partition coefficient (Wildman–Crippen LogP) is 9.47. The lowest BCUT2D eigenvalue weighted by molar-refractivity contribution is 0.942. The maximum atomic E-state index is 6.08. The fourth-order valence-corrected chi connectivity index (χ4v) is 6.19. The molecule has 0 aliphatic carbocycles. The lowest BCUT2D eigenvalue weighted by atomic mass is 9.92. The van der Waals surface area contributed by atoms with E-state index in [0.29, 0.717) is 6.54 Å². The second kappa shape index (κ2) is 10.9. The zero-order chi connectivity index (χ0) is 28.5. The maximum absolute atomic E-state index is 6.08. The van der Waals surface area contributed by atoms with Crippen LogP contribution in [0.4, 0.5) is 5.69 Å². The predicted molar refractivity (Wildman–Crippen MR) is 179 cm³/mol. The Morgan fingerprint density at radius 1 is 0.927 bits per heavy atom. The van der Waals surface area contributed by atoms with Crippen molar-refractivity contribution in [1.29, 1.82) is 0 Å². The van der Waals surface area contributed by atoms with E-state index in [1.54, 1.807) is 12.3 Å². The number of para-hydroxylation sites is 2.